The van der Waals surface area contributed by atoms with Gasteiger partial charge in [-0.2, -0.15) is 0 Å². The first-order valence-corrected chi connectivity index (χ1v) is 7.67. The third-order valence-corrected chi connectivity index (χ3v) is 3.96. The Labute approximate surface area is 129 Å². The fourth-order valence-electron chi connectivity index (χ4n) is 2.78. The molecule has 0 saturated carbocycles. The van der Waals surface area contributed by atoms with Crippen LogP contribution in [0.1, 0.15) is 46.4 Å². The molecule has 1 N–H and O–H groups in total. The maximum atomic E-state index is 11.5. The Morgan fingerprint density at radius 3 is 2.68 bits per heavy atom. The summed E-state index contributed by atoms with van der Waals surface area (Å²) in [4.78, 5) is 16.0. The number of nitrogens with zero attached hydrogens (tertiary/aromatic N) is 1. The summed E-state index contributed by atoms with van der Waals surface area (Å²) >= 11 is 0. The Hall–Kier alpha value is -2.36. The van der Waals surface area contributed by atoms with E-state index in [9.17, 15) is 9.90 Å². The van der Waals surface area contributed by atoms with Crippen LogP contribution in [0.5, 0.6) is 5.88 Å². The molecule has 0 radical (unpaired) electrons. The molecule has 0 fully saturated rings. The number of carboxylic acids is 1. The van der Waals surface area contributed by atoms with Crippen LogP contribution >= 0.6 is 0 Å². The fourth-order valence-corrected chi connectivity index (χ4v) is 2.78. The lowest BCUT2D eigenvalue weighted by Gasteiger charge is -2.12. The van der Waals surface area contributed by atoms with Gasteiger partial charge in [0.25, 0.3) is 0 Å². The summed E-state index contributed by atoms with van der Waals surface area (Å²) in [5, 5.41) is 9.41. The number of fused-ring (bicyclic) bond motifs is 1. The van der Waals surface area contributed by atoms with E-state index >= 15 is 0 Å². The van der Waals surface area contributed by atoms with Gasteiger partial charge in [-0.25, -0.2) is 9.78 Å². The molecular weight excluding hydrogens is 278 g/mol. The van der Waals surface area contributed by atoms with Gasteiger partial charge in [0.1, 0.15) is 12.2 Å². The van der Waals surface area contributed by atoms with Gasteiger partial charge >= 0.3 is 5.97 Å². The number of benzene rings is 1. The molecular formula is C18H19NO3. The van der Waals surface area contributed by atoms with Crippen molar-refractivity contribution in [2.24, 2.45) is 0 Å². The number of carbonyl (C=O) groups is 1. The first kappa shape index (κ1) is 14.6. The summed E-state index contributed by atoms with van der Waals surface area (Å²) in [7, 11) is 0. The number of aromatic carboxylic acids is 1. The topological polar surface area (TPSA) is 59.4 Å². The standard InChI is InChI=1S/C18H19NO3/c20-18(21)15-11-14-9-5-2-6-10-16(14)19-17(15)22-12-13-7-3-1-4-8-13/h1,3-4,7-8,11H,2,5-6,9-10,12H2,(H,20,21). The predicted octanol–water partition coefficient (Wildman–Crippen LogP) is 3.63. The monoisotopic (exact) mass is 297 g/mol. The Bertz CT molecular complexity index is 668. The van der Waals surface area contributed by atoms with Crippen molar-refractivity contribution < 1.29 is 14.6 Å². The van der Waals surface area contributed by atoms with Crippen molar-refractivity contribution in [2.45, 2.75) is 38.7 Å². The van der Waals surface area contributed by atoms with E-state index in [1.807, 2.05) is 30.3 Å². The Balaban J connectivity index is 1.88. The highest BCUT2D eigenvalue weighted by Gasteiger charge is 2.19. The molecule has 1 aromatic carbocycles. The van der Waals surface area contributed by atoms with E-state index in [4.69, 9.17) is 4.74 Å². The van der Waals surface area contributed by atoms with Crippen LogP contribution in [-0.2, 0) is 19.4 Å². The molecule has 1 aliphatic rings. The molecule has 0 saturated heterocycles. The molecule has 1 aromatic heterocycles. The molecule has 3 rings (SSSR count). The fraction of sp³-hybridized carbons (Fsp3) is 0.333. The molecule has 114 valence electrons. The maximum Gasteiger partial charge on any atom is 0.341 e. The first-order chi connectivity index (χ1) is 10.7. The number of aromatic nitrogens is 1. The van der Waals surface area contributed by atoms with Crippen molar-refractivity contribution >= 4 is 5.97 Å². The molecule has 0 atom stereocenters. The van der Waals surface area contributed by atoms with Crippen molar-refractivity contribution in [1.82, 2.24) is 4.98 Å². The second-order valence-electron chi connectivity index (χ2n) is 5.59. The van der Waals surface area contributed by atoms with Crippen LogP contribution in [0.3, 0.4) is 0 Å². The molecule has 22 heavy (non-hydrogen) atoms. The largest absolute Gasteiger partial charge is 0.477 e. The summed E-state index contributed by atoms with van der Waals surface area (Å²) in [6, 6.07) is 11.4. The molecule has 1 heterocycles. The van der Waals surface area contributed by atoms with E-state index in [0.29, 0.717) is 6.61 Å². The Morgan fingerprint density at radius 2 is 1.91 bits per heavy atom. The van der Waals surface area contributed by atoms with E-state index in [2.05, 4.69) is 4.98 Å². The van der Waals surface area contributed by atoms with Crippen molar-refractivity contribution in [3.8, 4) is 5.88 Å². The minimum Gasteiger partial charge on any atom is -0.477 e. The second kappa shape index (κ2) is 6.60. The zero-order valence-electron chi connectivity index (χ0n) is 12.4. The summed E-state index contributed by atoms with van der Waals surface area (Å²) < 4.78 is 5.70. The van der Waals surface area contributed by atoms with Crippen LogP contribution in [0.4, 0.5) is 0 Å². The minimum absolute atomic E-state index is 0.164. The number of hydrogen-bond acceptors (Lipinski definition) is 3. The average molecular weight is 297 g/mol. The Morgan fingerprint density at radius 1 is 1.14 bits per heavy atom. The van der Waals surface area contributed by atoms with Crippen molar-refractivity contribution in [3.63, 3.8) is 0 Å². The van der Waals surface area contributed by atoms with Crippen LogP contribution in [-0.4, -0.2) is 16.1 Å². The van der Waals surface area contributed by atoms with Crippen LogP contribution in [0, 0.1) is 0 Å². The molecule has 0 amide bonds. The van der Waals surface area contributed by atoms with E-state index in [1.165, 1.54) is 6.42 Å². The van der Waals surface area contributed by atoms with Gasteiger partial charge in [0.05, 0.1) is 0 Å². The number of ether oxygens (including phenoxy) is 1. The van der Waals surface area contributed by atoms with E-state index in [-0.39, 0.29) is 11.4 Å². The zero-order chi connectivity index (χ0) is 15.4. The van der Waals surface area contributed by atoms with Gasteiger partial charge in [-0.15, -0.1) is 0 Å². The van der Waals surface area contributed by atoms with Crippen molar-refractivity contribution in [3.05, 3.63) is 58.8 Å². The molecule has 1 aliphatic carbocycles. The van der Waals surface area contributed by atoms with Gasteiger partial charge in [-0.3, -0.25) is 0 Å². The molecule has 2 aromatic rings. The number of hydrogen-bond donors (Lipinski definition) is 1. The third-order valence-electron chi connectivity index (χ3n) is 3.96. The lowest BCUT2D eigenvalue weighted by Crippen LogP contribution is -2.09. The lowest BCUT2D eigenvalue weighted by molar-refractivity contribution is 0.0690. The second-order valence-corrected chi connectivity index (χ2v) is 5.59. The lowest BCUT2D eigenvalue weighted by atomic mass is 10.1. The van der Waals surface area contributed by atoms with Crippen molar-refractivity contribution in [1.29, 1.82) is 0 Å². The highest BCUT2D eigenvalue weighted by atomic mass is 16.5. The number of aryl methyl sites for hydroxylation is 2. The Kier molecular flexibility index (Phi) is 4.37. The molecule has 4 nitrogen and oxygen atoms in total. The average Bonchev–Trinajstić information content (AvgIpc) is 2.77. The minimum atomic E-state index is -0.984. The van der Waals surface area contributed by atoms with E-state index in [0.717, 1.165) is 42.5 Å². The zero-order valence-corrected chi connectivity index (χ0v) is 12.4. The quantitative estimate of drug-likeness (QED) is 0.875. The summed E-state index contributed by atoms with van der Waals surface area (Å²) in [5.74, 6) is -0.750. The predicted molar refractivity (Wildman–Crippen MR) is 83.2 cm³/mol. The van der Waals surface area contributed by atoms with Gasteiger partial charge in [0.15, 0.2) is 0 Å². The van der Waals surface area contributed by atoms with Crippen LogP contribution in [0.2, 0.25) is 0 Å². The van der Waals surface area contributed by atoms with Gasteiger partial charge < -0.3 is 9.84 Å². The van der Waals surface area contributed by atoms with Crippen LogP contribution in [0.25, 0.3) is 0 Å². The van der Waals surface area contributed by atoms with Crippen LogP contribution < -0.4 is 4.74 Å². The number of pyridine rings is 1. The van der Waals surface area contributed by atoms with E-state index < -0.39 is 5.97 Å². The van der Waals surface area contributed by atoms with Gasteiger partial charge in [-0.05, 0) is 42.9 Å². The summed E-state index contributed by atoms with van der Waals surface area (Å²) in [6.07, 6.45) is 5.17. The third kappa shape index (κ3) is 3.27. The maximum absolute atomic E-state index is 11.5. The van der Waals surface area contributed by atoms with Crippen molar-refractivity contribution in [2.75, 3.05) is 0 Å². The SMILES string of the molecule is O=C(O)c1cc2c(nc1OCc1ccccc1)CCCCC2. The number of carboxylic acid groups (broad SMARTS) is 1. The molecule has 0 bridgehead atoms. The molecule has 0 spiro atoms. The van der Waals surface area contributed by atoms with Crippen LogP contribution in [0.15, 0.2) is 36.4 Å². The molecule has 0 unspecified atom stereocenters. The van der Waals surface area contributed by atoms with Gasteiger partial charge in [-0.1, -0.05) is 36.8 Å². The smallest absolute Gasteiger partial charge is 0.341 e. The molecule has 4 heteroatoms. The summed E-state index contributed by atoms with van der Waals surface area (Å²) in [5.41, 5.74) is 3.21. The highest BCUT2D eigenvalue weighted by Crippen LogP contribution is 2.26. The number of rotatable bonds is 4. The van der Waals surface area contributed by atoms with Gasteiger partial charge in [0.2, 0.25) is 5.88 Å². The highest BCUT2D eigenvalue weighted by molar-refractivity contribution is 5.90. The van der Waals surface area contributed by atoms with Gasteiger partial charge in [0, 0.05) is 5.69 Å². The first-order valence-electron chi connectivity index (χ1n) is 7.67. The van der Waals surface area contributed by atoms with E-state index in [1.54, 1.807) is 6.07 Å². The molecule has 0 aliphatic heterocycles. The normalized spacial score (nSPS) is 14.0. The summed E-state index contributed by atoms with van der Waals surface area (Å²) in [6.45, 7) is 0.326.